The zero-order chi connectivity index (χ0) is 37.9. The van der Waals surface area contributed by atoms with Gasteiger partial charge in [0.1, 0.15) is 24.3 Å². The molecule has 15 heteroatoms. The Balaban J connectivity index is 1.35. The number of nitriles is 4. The number of allylic oxidation sites excluding steroid dienone is 2. The van der Waals surface area contributed by atoms with Gasteiger partial charge >= 0.3 is 0 Å². The smallest absolute Gasteiger partial charge is 0.206 e. The van der Waals surface area contributed by atoms with Crippen molar-refractivity contribution >= 4 is 55.8 Å². The van der Waals surface area contributed by atoms with E-state index in [1.165, 1.54) is 82.2 Å². The average Bonchev–Trinajstić information content (AvgIpc) is 3.78. The maximum Gasteiger partial charge on any atom is 0.206 e. The van der Waals surface area contributed by atoms with E-state index in [4.69, 9.17) is 0 Å². The predicted octanol–water partition coefficient (Wildman–Crippen LogP) is 5.50. The summed E-state index contributed by atoms with van der Waals surface area (Å²) in [6, 6.07) is 35.7. The van der Waals surface area contributed by atoms with Gasteiger partial charge in [-0.15, -0.1) is 10.2 Å². The Morgan fingerprint density at radius 2 is 0.830 bits per heavy atom. The van der Waals surface area contributed by atoms with E-state index in [1.807, 2.05) is 24.3 Å². The summed E-state index contributed by atoms with van der Waals surface area (Å²) < 4.78 is 27.6. The number of hydrogen-bond acceptors (Lipinski definition) is 14. The highest BCUT2D eigenvalue weighted by Gasteiger charge is 2.38. The van der Waals surface area contributed by atoms with Gasteiger partial charge in [-0.2, -0.15) is 21.0 Å². The lowest BCUT2D eigenvalue weighted by Gasteiger charge is -2.24. The lowest BCUT2D eigenvalue weighted by Crippen LogP contribution is -2.33. The number of carbonyl (C=O) groups is 2. The second-order valence-corrected chi connectivity index (χ2v) is 13.2. The van der Waals surface area contributed by atoms with Crippen LogP contribution in [0.4, 0.5) is 22.7 Å². The standard InChI is InChI=1S/C38H24N10O4S/c1-25(49)35-43-47(37(27(21-39)22-40)45(35)29-9-5-3-6-10-29)31-13-17-33(18-14-31)53(51,52)34-19-15-32(16-20-34)48-38(28(23-41)24-42)46(36(44-48)26(2)50)30-11-7-4-8-12-30/h3-20H,1-2H3. The van der Waals surface area contributed by atoms with Crippen LogP contribution in [0.2, 0.25) is 0 Å². The van der Waals surface area contributed by atoms with Crippen LogP contribution >= 0.6 is 0 Å². The van der Waals surface area contributed by atoms with Gasteiger partial charge in [0.05, 0.1) is 21.2 Å². The number of anilines is 4. The molecule has 0 radical (unpaired) electrons. The number of hydrazone groups is 2. The van der Waals surface area contributed by atoms with Crippen LogP contribution in [0.5, 0.6) is 0 Å². The highest BCUT2D eigenvalue weighted by Crippen LogP contribution is 2.37. The minimum atomic E-state index is -4.12. The van der Waals surface area contributed by atoms with Crippen molar-refractivity contribution < 1.29 is 18.0 Å². The number of ketones is 2. The third kappa shape index (κ3) is 6.24. The predicted molar refractivity (Wildman–Crippen MR) is 194 cm³/mol. The number of Topliss-reactive ketones (excluding diaryl/α,β-unsaturated/α-hetero) is 2. The first kappa shape index (κ1) is 35.0. The lowest BCUT2D eigenvalue weighted by atomic mass is 10.2. The molecule has 0 amide bonds. The number of amidine groups is 2. The average molecular weight is 717 g/mol. The highest BCUT2D eigenvalue weighted by molar-refractivity contribution is 7.91. The second-order valence-electron chi connectivity index (χ2n) is 11.3. The van der Waals surface area contributed by atoms with Crippen LogP contribution in [0.1, 0.15) is 13.8 Å². The summed E-state index contributed by atoms with van der Waals surface area (Å²) in [5.41, 5.74) is 0.850. The summed E-state index contributed by atoms with van der Waals surface area (Å²) in [4.78, 5) is 28.0. The number of hydrogen-bond donors (Lipinski definition) is 0. The molecule has 4 aromatic rings. The van der Waals surface area contributed by atoms with Crippen molar-refractivity contribution in [2.24, 2.45) is 10.2 Å². The first-order valence-corrected chi connectivity index (χ1v) is 17.1. The molecule has 256 valence electrons. The fourth-order valence-corrected chi connectivity index (χ4v) is 6.84. The Morgan fingerprint density at radius 1 is 0.509 bits per heavy atom. The molecule has 0 saturated carbocycles. The van der Waals surface area contributed by atoms with Crippen LogP contribution in [0.15, 0.2) is 152 Å². The second kappa shape index (κ2) is 14.2. The zero-order valence-electron chi connectivity index (χ0n) is 27.9. The van der Waals surface area contributed by atoms with Gasteiger partial charge in [-0.05, 0) is 72.8 Å². The first-order valence-electron chi connectivity index (χ1n) is 15.6. The molecule has 0 fully saturated rings. The van der Waals surface area contributed by atoms with Gasteiger partial charge < -0.3 is 0 Å². The summed E-state index contributed by atoms with van der Waals surface area (Å²) in [5, 5.41) is 50.6. The van der Waals surface area contributed by atoms with Gasteiger partial charge in [-0.1, -0.05) is 36.4 Å². The van der Waals surface area contributed by atoms with E-state index < -0.39 is 21.4 Å². The molecule has 14 nitrogen and oxygen atoms in total. The van der Waals surface area contributed by atoms with E-state index in [2.05, 4.69) is 10.2 Å². The van der Waals surface area contributed by atoms with Crippen molar-refractivity contribution in [3.8, 4) is 24.3 Å². The Bertz CT molecular complexity index is 2360. The van der Waals surface area contributed by atoms with Crippen LogP contribution in [0.25, 0.3) is 0 Å². The van der Waals surface area contributed by atoms with Crippen molar-refractivity contribution in [2.45, 2.75) is 23.6 Å². The molecule has 2 heterocycles. The summed E-state index contributed by atoms with van der Waals surface area (Å²) >= 11 is 0. The van der Waals surface area contributed by atoms with Crippen LogP contribution in [-0.2, 0) is 19.4 Å². The van der Waals surface area contributed by atoms with E-state index in [0.717, 1.165) is 0 Å². The summed E-state index contributed by atoms with van der Waals surface area (Å²) in [6.07, 6.45) is 0. The maximum atomic E-state index is 13.8. The third-order valence-corrected chi connectivity index (χ3v) is 9.76. The van der Waals surface area contributed by atoms with Crippen molar-refractivity contribution in [1.29, 1.82) is 21.0 Å². The molecule has 0 unspecified atom stereocenters. The molecular weight excluding hydrogens is 693 g/mol. The van der Waals surface area contributed by atoms with Crippen molar-refractivity contribution in [3.63, 3.8) is 0 Å². The minimum Gasteiger partial charge on any atom is -0.291 e. The van der Waals surface area contributed by atoms with Crippen LogP contribution in [0.3, 0.4) is 0 Å². The van der Waals surface area contributed by atoms with Gasteiger partial charge in [0.25, 0.3) is 0 Å². The molecule has 2 aliphatic heterocycles. The molecule has 2 aliphatic rings. The van der Waals surface area contributed by atoms with Gasteiger partial charge in [0.2, 0.25) is 21.5 Å². The minimum absolute atomic E-state index is 0.00491. The van der Waals surface area contributed by atoms with Crippen LogP contribution < -0.4 is 19.8 Å². The van der Waals surface area contributed by atoms with Gasteiger partial charge in [-0.3, -0.25) is 19.4 Å². The number of nitrogens with zero attached hydrogens (tertiary/aromatic N) is 10. The Morgan fingerprint density at radius 3 is 1.11 bits per heavy atom. The molecule has 0 aromatic heterocycles. The Kier molecular flexibility index (Phi) is 9.36. The Labute approximate surface area is 304 Å². The first-order chi connectivity index (χ1) is 25.5. The molecule has 4 aromatic carbocycles. The largest absolute Gasteiger partial charge is 0.291 e. The lowest BCUT2D eigenvalue weighted by molar-refractivity contribution is -0.111. The van der Waals surface area contributed by atoms with E-state index in [0.29, 0.717) is 11.4 Å². The molecule has 0 atom stereocenters. The van der Waals surface area contributed by atoms with Gasteiger partial charge in [0.15, 0.2) is 34.4 Å². The normalized spacial score (nSPS) is 13.7. The third-order valence-electron chi connectivity index (χ3n) is 7.97. The molecular formula is C38H24N10O4S. The van der Waals surface area contributed by atoms with E-state index >= 15 is 0 Å². The fourth-order valence-electron chi connectivity index (χ4n) is 5.58. The number of sulfone groups is 1. The fraction of sp³-hybridized carbons (Fsp3) is 0.0526. The molecule has 0 bridgehead atoms. The van der Waals surface area contributed by atoms with Crippen molar-refractivity contribution in [3.05, 3.63) is 132 Å². The molecule has 0 spiro atoms. The summed E-state index contributed by atoms with van der Waals surface area (Å²) in [7, 11) is -4.12. The number of rotatable bonds is 8. The monoisotopic (exact) mass is 716 g/mol. The number of para-hydroxylation sites is 2. The van der Waals surface area contributed by atoms with Gasteiger partial charge in [0, 0.05) is 25.2 Å². The summed E-state index contributed by atoms with van der Waals surface area (Å²) in [5.74, 6) is -0.961. The molecule has 0 saturated heterocycles. The van der Waals surface area contributed by atoms with E-state index in [9.17, 15) is 39.1 Å². The number of carbonyl (C=O) groups excluding carboxylic acids is 2. The van der Waals surface area contributed by atoms with Crippen molar-refractivity contribution in [1.82, 2.24) is 0 Å². The quantitative estimate of drug-likeness (QED) is 0.208. The summed E-state index contributed by atoms with van der Waals surface area (Å²) in [6.45, 7) is 2.60. The SMILES string of the molecule is CC(=O)C1=NN(c2ccc(S(=O)(=O)c3ccc(N4N=C(C(C)=O)N(c5ccccc5)C4=C(C#N)C#N)cc3)cc2)C(=C(C#N)C#N)N1c1ccccc1. The molecule has 53 heavy (non-hydrogen) atoms. The molecule has 0 aliphatic carbocycles. The molecule has 6 rings (SSSR count). The van der Waals surface area contributed by atoms with Gasteiger partial charge in [-0.25, -0.2) is 18.4 Å². The zero-order valence-corrected chi connectivity index (χ0v) is 28.7. The van der Waals surface area contributed by atoms with E-state index in [1.54, 1.807) is 60.7 Å². The van der Waals surface area contributed by atoms with Crippen LogP contribution in [-0.4, -0.2) is 31.7 Å². The number of benzene rings is 4. The van der Waals surface area contributed by atoms with Crippen molar-refractivity contribution in [2.75, 3.05) is 19.8 Å². The maximum absolute atomic E-state index is 13.8. The highest BCUT2D eigenvalue weighted by atomic mass is 32.2. The van der Waals surface area contributed by atoms with E-state index in [-0.39, 0.29) is 55.6 Å². The topological polar surface area (TPSA) is 201 Å². The molecule has 0 N–H and O–H groups in total. The Hall–Kier alpha value is -7.85. The van der Waals surface area contributed by atoms with Crippen LogP contribution in [0, 0.1) is 45.3 Å².